The van der Waals surface area contributed by atoms with E-state index in [9.17, 15) is 0 Å². The van der Waals surface area contributed by atoms with Crippen LogP contribution in [0.15, 0.2) is 42.6 Å². The molecule has 1 heteroatoms. The molecule has 0 bridgehead atoms. The zero-order valence-electron chi connectivity index (χ0n) is 7.27. The van der Waals surface area contributed by atoms with Crippen LogP contribution in [0.4, 0.5) is 0 Å². The Morgan fingerprint density at radius 2 is 2.08 bits per heavy atom. The first kappa shape index (κ1) is 7.99. The summed E-state index contributed by atoms with van der Waals surface area (Å²) in [6.45, 7) is 3.65. The van der Waals surface area contributed by atoms with Crippen molar-refractivity contribution in [1.29, 1.82) is 0 Å². The maximum absolute atomic E-state index is 4.32. The van der Waals surface area contributed by atoms with Crippen molar-refractivity contribution in [2.75, 3.05) is 0 Å². The molecular weight excluding hydrogens is 158 g/mol. The molecule has 2 aromatic rings. The van der Waals surface area contributed by atoms with Crippen LogP contribution in [0.25, 0.3) is 17.0 Å². The lowest BCUT2D eigenvalue weighted by Gasteiger charge is -1.97. The Morgan fingerprint density at radius 3 is 2.92 bits per heavy atom. The topological polar surface area (TPSA) is 12.9 Å². The third kappa shape index (κ3) is 1.59. The first-order valence-electron chi connectivity index (χ1n) is 4.21. The molecule has 1 aromatic heterocycles. The van der Waals surface area contributed by atoms with Crippen molar-refractivity contribution in [1.82, 2.24) is 4.98 Å². The summed E-state index contributed by atoms with van der Waals surface area (Å²) in [6, 6.07) is 10.2. The van der Waals surface area contributed by atoms with Gasteiger partial charge in [0, 0.05) is 11.6 Å². The highest BCUT2D eigenvalue weighted by Crippen LogP contribution is 2.13. The fraction of sp³-hybridized carbons (Fsp3) is 0. The number of fused-ring (bicyclic) bond motifs is 1. The maximum Gasteiger partial charge on any atom is 0.0702 e. The summed E-state index contributed by atoms with van der Waals surface area (Å²) in [5, 5.41) is 1.16. The van der Waals surface area contributed by atoms with Gasteiger partial charge >= 0.3 is 0 Å². The monoisotopic (exact) mass is 168 g/mol. The minimum Gasteiger partial charge on any atom is -0.256 e. The van der Waals surface area contributed by atoms with Crippen molar-refractivity contribution in [3.05, 3.63) is 55.1 Å². The predicted octanol–water partition coefficient (Wildman–Crippen LogP) is 3.08. The zero-order valence-corrected chi connectivity index (χ0v) is 7.27. The second kappa shape index (κ2) is 3.40. The van der Waals surface area contributed by atoms with Gasteiger partial charge in [0.2, 0.25) is 0 Å². The number of hydrogen-bond donors (Lipinski definition) is 0. The average molecular weight is 168 g/mol. The van der Waals surface area contributed by atoms with Crippen molar-refractivity contribution >= 4 is 17.0 Å². The average Bonchev–Trinajstić information content (AvgIpc) is 2.18. The Morgan fingerprint density at radius 1 is 1.23 bits per heavy atom. The number of rotatable bonds is 1. The van der Waals surface area contributed by atoms with E-state index in [1.807, 2.05) is 30.5 Å². The van der Waals surface area contributed by atoms with Crippen LogP contribution in [0.3, 0.4) is 0 Å². The van der Waals surface area contributed by atoms with Crippen LogP contribution in [0.1, 0.15) is 5.56 Å². The molecule has 1 heterocycles. The lowest BCUT2D eigenvalue weighted by atomic mass is 10.1. The Labute approximate surface area is 77.7 Å². The molecule has 0 aliphatic rings. The Balaban J connectivity index is 2.62. The van der Waals surface area contributed by atoms with Crippen LogP contribution >= 0.6 is 0 Å². The van der Waals surface area contributed by atoms with Crippen LogP contribution < -0.4 is 0 Å². The normalized spacial score (nSPS) is 11.2. The van der Waals surface area contributed by atoms with Crippen LogP contribution in [0.2, 0.25) is 0 Å². The predicted molar refractivity (Wildman–Crippen MR) is 56.1 cm³/mol. The van der Waals surface area contributed by atoms with Gasteiger partial charge in [-0.2, -0.15) is 0 Å². The van der Waals surface area contributed by atoms with E-state index < -0.39 is 0 Å². The molecule has 2 rings (SSSR count). The molecule has 0 atom stereocenters. The van der Waals surface area contributed by atoms with Crippen molar-refractivity contribution < 1.29 is 0 Å². The summed E-state index contributed by atoms with van der Waals surface area (Å²) >= 11 is 0. The molecule has 0 saturated heterocycles. The summed E-state index contributed by atoms with van der Waals surface area (Å²) in [5.74, 6) is 0. The van der Waals surface area contributed by atoms with Crippen LogP contribution in [-0.4, -0.2) is 4.98 Å². The van der Waals surface area contributed by atoms with Crippen LogP contribution in [-0.2, 0) is 0 Å². The highest BCUT2D eigenvalue weighted by Gasteiger charge is 1.92. The van der Waals surface area contributed by atoms with Gasteiger partial charge in [-0.3, -0.25) is 4.98 Å². The fourth-order valence-electron chi connectivity index (χ4n) is 1.32. The third-order valence-corrected chi connectivity index (χ3v) is 1.92. The van der Waals surface area contributed by atoms with E-state index in [1.165, 1.54) is 0 Å². The number of aromatic nitrogens is 1. The maximum atomic E-state index is 4.32. The number of para-hydroxylation sites is 1. The Bertz CT molecular complexity index is 444. The quantitative estimate of drug-likeness (QED) is 0.637. The molecule has 1 radical (unpaired) electrons. The molecule has 0 saturated carbocycles. The number of allylic oxidation sites excluding steroid dienone is 1. The fourth-order valence-corrected chi connectivity index (χ4v) is 1.32. The molecule has 0 fully saturated rings. The van der Waals surface area contributed by atoms with Gasteiger partial charge in [0.05, 0.1) is 5.52 Å². The highest BCUT2D eigenvalue weighted by atomic mass is 14.6. The summed E-state index contributed by atoms with van der Waals surface area (Å²) in [6.07, 6.45) is 5.56. The Kier molecular flexibility index (Phi) is 2.09. The first-order chi connectivity index (χ1) is 6.40. The van der Waals surface area contributed by atoms with Gasteiger partial charge < -0.3 is 0 Å². The van der Waals surface area contributed by atoms with E-state index in [1.54, 1.807) is 6.08 Å². The SMILES string of the molecule is [CH2]/C=C/c1cnc2ccccc2c1. The number of nitrogens with zero attached hydrogens (tertiary/aromatic N) is 1. The molecular formula is C12H10N. The van der Waals surface area contributed by atoms with E-state index in [-0.39, 0.29) is 0 Å². The summed E-state index contributed by atoms with van der Waals surface area (Å²) in [5.41, 5.74) is 2.12. The number of pyridine rings is 1. The third-order valence-electron chi connectivity index (χ3n) is 1.92. The van der Waals surface area contributed by atoms with Crippen LogP contribution in [0.5, 0.6) is 0 Å². The first-order valence-corrected chi connectivity index (χ1v) is 4.21. The van der Waals surface area contributed by atoms with Gasteiger partial charge in [-0.15, -0.1) is 0 Å². The number of benzene rings is 1. The molecule has 63 valence electrons. The molecule has 0 aliphatic carbocycles. The lowest BCUT2D eigenvalue weighted by Crippen LogP contribution is -1.79. The van der Waals surface area contributed by atoms with Crippen LogP contribution in [0, 0.1) is 6.92 Å². The molecule has 1 aromatic carbocycles. The van der Waals surface area contributed by atoms with Gasteiger partial charge in [-0.25, -0.2) is 0 Å². The van der Waals surface area contributed by atoms with Gasteiger partial charge in [0.1, 0.15) is 0 Å². The van der Waals surface area contributed by atoms with Crippen molar-refractivity contribution in [2.24, 2.45) is 0 Å². The van der Waals surface area contributed by atoms with Gasteiger partial charge in [-0.1, -0.05) is 30.4 Å². The standard InChI is InChI=1S/C12H10N/c1-2-5-10-8-11-6-3-4-7-12(11)13-9-10/h2-9H,1H2/b5-2+. The molecule has 0 unspecified atom stereocenters. The van der Waals surface area contributed by atoms with Gasteiger partial charge in [0.15, 0.2) is 0 Å². The molecule has 13 heavy (non-hydrogen) atoms. The van der Waals surface area contributed by atoms with E-state index in [4.69, 9.17) is 0 Å². The Hall–Kier alpha value is -1.63. The summed E-state index contributed by atoms with van der Waals surface area (Å²) in [7, 11) is 0. The van der Waals surface area contributed by atoms with E-state index in [0.29, 0.717) is 0 Å². The van der Waals surface area contributed by atoms with Gasteiger partial charge in [0.25, 0.3) is 0 Å². The molecule has 1 nitrogen and oxygen atoms in total. The van der Waals surface area contributed by atoms with E-state index in [2.05, 4.69) is 24.0 Å². The summed E-state index contributed by atoms with van der Waals surface area (Å²) in [4.78, 5) is 4.32. The molecule has 0 spiro atoms. The van der Waals surface area contributed by atoms with Crippen molar-refractivity contribution in [3.63, 3.8) is 0 Å². The molecule has 0 N–H and O–H groups in total. The van der Waals surface area contributed by atoms with Gasteiger partial charge in [-0.05, 0) is 24.6 Å². The smallest absolute Gasteiger partial charge is 0.0702 e. The van der Waals surface area contributed by atoms with E-state index >= 15 is 0 Å². The minimum atomic E-state index is 1.03. The molecule has 0 aliphatic heterocycles. The molecule has 0 amide bonds. The second-order valence-electron chi connectivity index (χ2n) is 2.86. The number of hydrogen-bond acceptors (Lipinski definition) is 1. The second-order valence-corrected chi connectivity index (χ2v) is 2.86. The zero-order chi connectivity index (χ0) is 9.10. The minimum absolute atomic E-state index is 1.03. The van der Waals surface area contributed by atoms with E-state index in [0.717, 1.165) is 16.5 Å². The lowest BCUT2D eigenvalue weighted by molar-refractivity contribution is 1.40. The summed E-state index contributed by atoms with van der Waals surface area (Å²) < 4.78 is 0. The van der Waals surface area contributed by atoms with Crippen molar-refractivity contribution in [2.45, 2.75) is 0 Å². The highest BCUT2D eigenvalue weighted by molar-refractivity contribution is 5.80. The van der Waals surface area contributed by atoms with Crippen molar-refractivity contribution in [3.8, 4) is 0 Å². The largest absolute Gasteiger partial charge is 0.256 e.